The van der Waals surface area contributed by atoms with Crippen LogP contribution in [-0.2, 0) is 14.8 Å². The van der Waals surface area contributed by atoms with Gasteiger partial charge in [0.15, 0.2) is 0 Å². The fourth-order valence-corrected chi connectivity index (χ4v) is 4.57. The number of piperazine rings is 1. The summed E-state index contributed by atoms with van der Waals surface area (Å²) in [6.45, 7) is 7.17. The Balaban J connectivity index is 1.58. The summed E-state index contributed by atoms with van der Waals surface area (Å²) in [5, 5.41) is 0. The molecule has 1 amide bonds. The van der Waals surface area contributed by atoms with Gasteiger partial charge in [0.05, 0.1) is 11.9 Å². The van der Waals surface area contributed by atoms with Gasteiger partial charge in [-0.15, -0.1) is 0 Å². The summed E-state index contributed by atoms with van der Waals surface area (Å²) in [6, 6.07) is 15.8. The number of anilines is 1. The number of carbonyl (C=O) groups excluding carboxylic acids is 1. The molecule has 7 heteroatoms. The normalized spacial score (nSPS) is 15.4. The molecule has 0 N–H and O–H groups in total. The van der Waals surface area contributed by atoms with Crippen molar-refractivity contribution >= 4 is 27.7 Å². The summed E-state index contributed by atoms with van der Waals surface area (Å²) in [6.07, 6.45) is 5.39. The molecule has 0 atom stereocenters. The molecule has 31 heavy (non-hydrogen) atoms. The molecule has 1 saturated heterocycles. The van der Waals surface area contributed by atoms with Crippen molar-refractivity contribution in [2.24, 2.45) is 0 Å². The van der Waals surface area contributed by atoms with Gasteiger partial charge in [-0.25, -0.2) is 8.42 Å². The van der Waals surface area contributed by atoms with E-state index in [1.807, 2.05) is 50.2 Å². The first-order valence-electron chi connectivity index (χ1n) is 10.5. The van der Waals surface area contributed by atoms with Gasteiger partial charge in [0.25, 0.3) is 0 Å². The molecule has 0 aliphatic carbocycles. The van der Waals surface area contributed by atoms with E-state index < -0.39 is 10.0 Å². The summed E-state index contributed by atoms with van der Waals surface area (Å²) in [7, 11) is -3.57. The number of hydrogen-bond donors (Lipinski definition) is 0. The van der Waals surface area contributed by atoms with Crippen molar-refractivity contribution in [1.29, 1.82) is 0 Å². The van der Waals surface area contributed by atoms with Crippen molar-refractivity contribution in [3.8, 4) is 0 Å². The molecule has 2 aromatic carbocycles. The van der Waals surface area contributed by atoms with E-state index in [9.17, 15) is 13.2 Å². The van der Waals surface area contributed by atoms with E-state index in [1.54, 1.807) is 4.90 Å². The minimum absolute atomic E-state index is 0.161. The Bertz CT molecular complexity index is 1030. The predicted molar refractivity (Wildman–Crippen MR) is 127 cm³/mol. The standard InChI is InChI=1S/C24H31N3O3S/c1-20-11-12-21(2)23(18-20)27(31(3,29)30)19-24(28)26-16-14-25(15-17-26)13-7-10-22-8-5-4-6-9-22/h4-12,18H,13-17,19H2,1-3H3/b10-7+. The Kier molecular flexibility index (Phi) is 7.51. The van der Waals surface area contributed by atoms with Gasteiger partial charge in [0.1, 0.15) is 6.54 Å². The zero-order valence-electron chi connectivity index (χ0n) is 18.5. The molecule has 0 bridgehead atoms. The molecule has 1 aliphatic heterocycles. The quantitative estimate of drug-likeness (QED) is 0.663. The Hall–Kier alpha value is -2.64. The van der Waals surface area contributed by atoms with Crippen LogP contribution in [0.5, 0.6) is 0 Å². The van der Waals surface area contributed by atoms with Gasteiger partial charge in [-0.1, -0.05) is 54.6 Å². The number of benzene rings is 2. The third kappa shape index (κ3) is 6.42. The minimum Gasteiger partial charge on any atom is -0.339 e. The molecule has 166 valence electrons. The van der Waals surface area contributed by atoms with Gasteiger partial charge >= 0.3 is 0 Å². The van der Waals surface area contributed by atoms with E-state index in [2.05, 4.69) is 29.2 Å². The molecule has 1 heterocycles. The second kappa shape index (κ2) is 10.1. The highest BCUT2D eigenvalue weighted by Gasteiger charge is 2.27. The van der Waals surface area contributed by atoms with Gasteiger partial charge in [-0.05, 0) is 36.6 Å². The van der Waals surface area contributed by atoms with Gasteiger partial charge in [0.2, 0.25) is 15.9 Å². The van der Waals surface area contributed by atoms with Crippen molar-refractivity contribution in [2.75, 3.05) is 49.8 Å². The van der Waals surface area contributed by atoms with Crippen LogP contribution in [0.3, 0.4) is 0 Å². The molecule has 0 aromatic heterocycles. The molecule has 0 unspecified atom stereocenters. The Morgan fingerprint density at radius 3 is 2.35 bits per heavy atom. The van der Waals surface area contributed by atoms with Crippen molar-refractivity contribution in [3.63, 3.8) is 0 Å². The summed E-state index contributed by atoms with van der Waals surface area (Å²) in [4.78, 5) is 17.0. The van der Waals surface area contributed by atoms with Crippen LogP contribution in [0.25, 0.3) is 6.08 Å². The van der Waals surface area contributed by atoms with Gasteiger partial charge in [0, 0.05) is 32.7 Å². The zero-order chi connectivity index (χ0) is 22.4. The summed E-state index contributed by atoms with van der Waals surface area (Å²) in [5.41, 5.74) is 3.53. The summed E-state index contributed by atoms with van der Waals surface area (Å²) in [5.74, 6) is -0.161. The predicted octanol–water partition coefficient (Wildman–Crippen LogP) is 2.93. The number of nitrogens with zero attached hydrogens (tertiary/aromatic N) is 3. The van der Waals surface area contributed by atoms with E-state index in [-0.39, 0.29) is 12.5 Å². The van der Waals surface area contributed by atoms with E-state index in [0.29, 0.717) is 18.8 Å². The Morgan fingerprint density at radius 2 is 1.71 bits per heavy atom. The lowest BCUT2D eigenvalue weighted by molar-refractivity contribution is -0.131. The van der Waals surface area contributed by atoms with Crippen LogP contribution < -0.4 is 4.31 Å². The molecular weight excluding hydrogens is 410 g/mol. The van der Waals surface area contributed by atoms with Crippen LogP contribution in [0, 0.1) is 13.8 Å². The fraction of sp³-hybridized carbons (Fsp3) is 0.375. The van der Waals surface area contributed by atoms with E-state index in [1.165, 1.54) is 9.87 Å². The molecule has 3 rings (SSSR count). The van der Waals surface area contributed by atoms with Crippen LogP contribution in [-0.4, -0.2) is 69.6 Å². The number of rotatable bonds is 7. The molecule has 1 fully saturated rings. The van der Waals surface area contributed by atoms with Gasteiger partial charge < -0.3 is 4.90 Å². The van der Waals surface area contributed by atoms with Crippen LogP contribution in [0.15, 0.2) is 54.6 Å². The highest BCUT2D eigenvalue weighted by Crippen LogP contribution is 2.24. The Labute approximate surface area is 185 Å². The number of amides is 1. The third-order valence-electron chi connectivity index (χ3n) is 5.51. The van der Waals surface area contributed by atoms with Crippen molar-refractivity contribution in [1.82, 2.24) is 9.80 Å². The lowest BCUT2D eigenvalue weighted by atomic mass is 10.1. The van der Waals surface area contributed by atoms with Gasteiger partial charge in [-0.3, -0.25) is 14.0 Å². The minimum atomic E-state index is -3.57. The summed E-state index contributed by atoms with van der Waals surface area (Å²) < 4.78 is 26.1. The molecule has 0 spiro atoms. The van der Waals surface area contributed by atoms with Crippen LogP contribution in [0.4, 0.5) is 5.69 Å². The first-order valence-corrected chi connectivity index (χ1v) is 12.4. The lowest BCUT2D eigenvalue weighted by Crippen LogP contribution is -2.51. The number of carbonyl (C=O) groups is 1. The average molecular weight is 442 g/mol. The average Bonchev–Trinajstić information content (AvgIpc) is 2.74. The molecule has 2 aromatic rings. The molecule has 1 aliphatic rings. The van der Waals surface area contributed by atoms with Gasteiger partial charge in [-0.2, -0.15) is 0 Å². The number of hydrogen-bond acceptors (Lipinski definition) is 4. The van der Waals surface area contributed by atoms with Crippen LogP contribution in [0.1, 0.15) is 16.7 Å². The highest BCUT2D eigenvalue weighted by atomic mass is 32.2. The van der Waals surface area contributed by atoms with E-state index in [0.717, 1.165) is 37.0 Å². The van der Waals surface area contributed by atoms with Crippen LogP contribution in [0.2, 0.25) is 0 Å². The van der Waals surface area contributed by atoms with E-state index in [4.69, 9.17) is 0 Å². The van der Waals surface area contributed by atoms with Crippen molar-refractivity contribution < 1.29 is 13.2 Å². The SMILES string of the molecule is Cc1ccc(C)c(N(CC(=O)N2CCN(C/C=C/c3ccccc3)CC2)S(C)(=O)=O)c1. The van der Waals surface area contributed by atoms with E-state index >= 15 is 0 Å². The van der Waals surface area contributed by atoms with Crippen molar-refractivity contribution in [3.05, 3.63) is 71.3 Å². The maximum atomic E-state index is 12.9. The summed E-state index contributed by atoms with van der Waals surface area (Å²) >= 11 is 0. The second-order valence-corrected chi connectivity index (χ2v) is 9.96. The Morgan fingerprint density at radius 1 is 1.03 bits per heavy atom. The number of sulfonamides is 1. The maximum absolute atomic E-state index is 12.9. The van der Waals surface area contributed by atoms with Crippen molar-refractivity contribution in [2.45, 2.75) is 13.8 Å². The largest absolute Gasteiger partial charge is 0.339 e. The number of aryl methyl sites for hydroxylation is 2. The maximum Gasteiger partial charge on any atom is 0.243 e. The second-order valence-electron chi connectivity index (χ2n) is 8.05. The fourth-order valence-electron chi connectivity index (χ4n) is 3.67. The molecule has 0 saturated carbocycles. The zero-order valence-corrected chi connectivity index (χ0v) is 19.3. The first-order chi connectivity index (χ1) is 14.7. The molecular formula is C24H31N3O3S. The molecule has 0 radical (unpaired) electrons. The van der Waals surface area contributed by atoms with Crippen LogP contribution >= 0.6 is 0 Å². The monoisotopic (exact) mass is 441 g/mol. The first kappa shape index (κ1) is 23.0. The third-order valence-corrected chi connectivity index (χ3v) is 6.64. The highest BCUT2D eigenvalue weighted by molar-refractivity contribution is 7.92. The smallest absolute Gasteiger partial charge is 0.243 e. The molecule has 6 nitrogen and oxygen atoms in total. The lowest BCUT2D eigenvalue weighted by Gasteiger charge is -2.35. The topological polar surface area (TPSA) is 60.9 Å².